The molecule has 0 aliphatic heterocycles. The molecule has 4 N–H and O–H groups in total. The van der Waals surface area contributed by atoms with Crippen LogP contribution in [-0.4, -0.2) is 5.96 Å². The van der Waals surface area contributed by atoms with Gasteiger partial charge in [0.15, 0.2) is 5.96 Å². The molecule has 3 heteroatoms. The molecule has 12 heavy (non-hydrogen) atoms. The average Bonchev–Trinajstić information content (AvgIpc) is 1.98. The van der Waals surface area contributed by atoms with Crippen LogP contribution < -0.4 is 11.5 Å². The van der Waals surface area contributed by atoms with Crippen LogP contribution >= 0.6 is 0 Å². The Labute approximate surface area is 73.9 Å². The van der Waals surface area contributed by atoms with Crippen LogP contribution in [0.5, 0.6) is 0 Å². The van der Waals surface area contributed by atoms with E-state index in [1.54, 1.807) is 6.08 Å². The Morgan fingerprint density at radius 2 is 2.08 bits per heavy atom. The fourth-order valence-corrected chi connectivity index (χ4v) is 0.965. The summed E-state index contributed by atoms with van der Waals surface area (Å²) in [5.74, 6) is 0.1000. The molecule has 0 aromatic rings. The molecule has 0 spiro atoms. The van der Waals surface area contributed by atoms with E-state index in [4.69, 9.17) is 11.5 Å². The van der Waals surface area contributed by atoms with Gasteiger partial charge in [-0.05, 0) is 18.9 Å². The lowest BCUT2D eigenvalue weighted by Gasteiger charge is -2.02. The number of hydrogen-bond acceptors (Lipinski definition) is 1. The quantitative estimate of drug-likeness (QED) is 0.379. The second kappa shape index (κ2) is 5.41. The highest BCUT2D eigenvalue weighted by molar-refractivity contribution is 5.76. The van der Waals surface area contributed by atoms with Crippen molar-refractivity contribution in [2.45, 2.75) is 26.7 Å². The first kappa shape index (κ1) is 10.8. The Morgan fingerprint density at radius 3 is 2.42 bits per heavy atom. The molecule has 0 amide bonds. The Balaban J connectivity index is 4.59. The summed E-state index contributed by atoms with van der Waals surface area (Å²) in [5.41, 5.74) is 12.4. The molecular weight excluding hydrogens is 150 g/mol. The summed E-state index contributed by atoms with van der Waals surface area (Å²) in [5, 5.41) is 0. The summed E-state index contributed by atoms with van der Waals surface area (Å²) in [6, 6.07) is 0. The van der Waals surface area contributed by atoms with Gasteiger partial charge in [-0.15, -0.1) is 0 Å². The van der Waals surface area contributed by atoms with Gasteiger partial charge in [0, 0.05) is 5.70 Å². The van der Waals surface area contributed by atoms with Crippen molar-refractivity contribution in [1.29, 1.82) is 0 Å². The molecule has 0 radical (unpaired) electrons. The van der Waals surface area contributed by atoms with E-state index in [2.05, 4.69) is 18.5 Å². The van der Waals surface area contributed by atoms with Crippen molar-refractivity contribution in [3.8, 4) is 0 Å². The Bertz CT molecular complexity index is 210. The number of aliphatic imine (C=N–C) groups is 1. The first-order chi connectivity index (χ1) is 5.61. The number of nitrogens with zero attached hydrogens (tertiary/aromatic N) is 1. The smallest absolute Gasteiger partial charge is 0.190 e. The second-order valence-corrected chi connectivity index (χ2v) is 2.60. The monoisotopic (exact) mass is 167 g/mol. The zero-order chi connectivity index (χ0) is 9.56. The minimum atomic E-state index is 0.1000. The molecule has 68 valence electrons. The van der Waals surface area contributed by atoms with Crippen LogP contribution in [0.25, 0.3) is 0 Å². The van der Waals surface area contributed by atoms with E-state index in [9.17, 15) is 0 Å². The normalized spacial score (nSPS) is 11.8. The molecule has 0 aliphatic carbocycles. The fourth-order valence-electron chi connectivity index (χ4n) is 0.965. The second-order valence-electron chi connectivity index (χ2n) is 2.60. The van der Waals surface area contributed by atoms with E-state index in [-0.39, 0.29) is 5.96 Å². The van der Waals surface area contributed by atoms with Gasteiger partial charge < -0.3 is 11.5 Å². The maximum absolute atomic E-state index is 5.24. The van der Waals surface area contributed by atoms with Crippen LogP contribution in [0.1, 0.15) is 26.7 Å². The minimum Gasteiger partial charge on any atom is -0.370 e. The lowest BCUT2D eigenvalue weighted by molar-refractivity contribution is 0.909. The van der Waals surface area contributed by atoms with E-state index in [1.165, 1.54) is 0 Å². The molecular formula is C9H17N3. The number of guanidine groups is 1. The Morgan fingerprint density at radius 1 is 1.50 bits per heavy atom. The molecule has 0 atom stereocenters. The van der Waals surface area contributed by atoms with Gasteiger partial charge in [-0.2, -0.15) is 0 Å². The van der Waals surface area contributed by atoms with E-state index in [1.807, 2.05) is 6.92 Å². The molecule has 0 saturated heterocycles. The van der Waals surface area contributed by atoms with E-state index < -0.39 is 0 Å². The SMILES string of the molecule is C=C/C(CCC)=C(/C)N=C(N)N. The first-order valence-electron chi connectivity index (χ1n) is 4.03. The highest BCUT2D eigenvalue weighted by atomic mass is 15.0. The zero-order valence-electron chi connectivity index (χ0n) is 7.80. The van der Waals surface area contributed by atoms with E-state index in [0.29, 0.717) is 0 Å². The van der Waals surface area contributed by atoms with Crippen molar-refractivity contribution in [2.75, 3.05) is 0 Å². The molecule has 0 heterocycles. The van der Waals surface area contributed by atoms with Gasteiger partial charge in [0.25, 0.3) is 0 Å². The molecule has 0 saturated carbocycles. The lowest BCUT2D eigenvalue weighted by atomic mass is 10.1. The highest BCUT2D eigenvalue weighted by Gasteiger charge is 1.95. The lowest BCUT2D eigenvalue weighted by Crippen LogP contribution is -2.22. The topological polar surface area (TPSA) is 64.4 Å². The van der Waals surface area contributed by atoms with Crippen molar-refractivity contribution >= 4 is 5.96 Å². The molecule has 3 nitrogen and oxygen atoms in total. The van der Waals surface area contributed by atoms with Crippen LogP contribution in [0.4, 0.5) is 0 Å². The molecule has 0 bridgehead atoms. The van der Waals surface area contributed by atoms with Gasteiger partial charge in [0.05, 0.1) is 0 Å². The third kappa shape index (κ3) is 3.81. The highest BCUT2D eigenvalue weighted by Crippen LogP contribution is 2.12. The predicted octanol–water partition coefficient (Wildman–Crippen LogP) is 1.52. The summed E-state index contributed by atoms with van der Waals surface area (Å²) in [7, 11) is 0. The van der Waals surface area contributed by atoms with Crippen molar-refractivity contribution in [3.05, 3.63) is 23.9 Å². The zero-order valence-corrected chi connectivity index (χ0v) is 7.80. The van der Waals surface area contributed by atoms with Gasteiger partial charge in [0.1, 0.15) is 0 Å². The number of hydrogen-bond donors (Lipinski definition) is 2. The number of allylic oxidation sites excluding steroid dienone is 3. The number of nitrogens with two attached hydrogens (primary N) is 2. The third-order valence-corrected chi connectivity index (χ3v) is 1.53. The van der Waals surface area contributed by atoms with Gasteiger partial charge in [-0.25, -0.2) is 4.99 Å². The van der Waals surface area contributed by atoms with E-state index >= 15 is 0 Å². The summed E-state index contributed by atoms with van der Waals surface area (Å²) in [6.45, 7) is 7.68. The molecule has 0 aliphatic rings. The predicted molar refractivity (Wildman–Crippen MR) is 53.6 cm³/mol. The van der Waals surface area contributed by atoms with Crippen LogP contribution in [-0.2, 0) is 0 Å². The van der Waals surface area contributed by atoms with Gasteiger partial charge in [-0.3, -0.25) is 0 Å². The van der Waals surface area contributed by atoms with Gasteiger partial charge >= 0.3 is 0 Å². The fraction of sp³-hybridized carbons (Fsp3) is 0.444. The largest absolute Gasteiger partial charge is 0.370 e. The van der Waals surface area contributed by atoms with Crippen LogP contribution in [0.15, 0.2) is 28.9 Å². The maximum atomic E-state index is 5.24. The van der Waals surface area contributed by atoms with Gasteiger partial charge in [0.2, 0.25) is 0 Å². The molecule has 0 fully saturated rings. The molecule has 0 aromatic heterocycles. The van der Waals surface area contributed by atoms with Gasteiger partial charge in [-0.1, -0.05) is 26.0 Å². The summed E-state index contributed by atoms with van der Waals surface area (Å²) >= 11 is 0. The maximum Gasteiger partial charge on any atom is 0.190 e. The summed E-state index contributed by atoms with van der Waals surface area (Å²) in [4.78, 5) is 3.95. The minimum absolute atomic E-state index is 0.1000. The van der Waals surface area contributed by atoms with Crippen LogP contribution in [0, 0.1) is 0 Å². The number of rotatable bonds is 4. The summed E-state index contributed by atoms with van der Waals surface area (Å²) < 4.78 is 0. The van der Waals surface area contributed by atoms with Crippen molar-refractivity contribution < 1.29 is 0 Å². The molecule has 0 rings (SSSR count). The molecule has 0 aromatic carbocycles. The van der Waals surface area contributed by atoms with Crippen molar-refractivity contribution in [1.82, 2.24) is 0 Å². The Kier molecular flexibility index (Phi) is 4.84. The van der Waals surface area contributed by atoms with Crippen molar-refractivity contribution in [3.63, 3.8) is 0 Å². The van der Waals surface area contributed by atoms with Crippen molar-refractivity contribution in [2.24, 2.45) is 16.5 Å². The third-order valence-electron chi connectivity index (χ3n) is 1.53. The standard InChI is InChI=1S/C9H17N3/c1-4-6-8(5-2)7(3)12-9(10)11/h5H,2,4,6H2,1,3H3,(H4,10,11,12)/b8-7+. The Hall–Kier alpha value is -1.25. The van der Waals surface area contributed by atoms with Crippen LogP contribution in [0.3, 0.4) is 0 Å². The van der Waals surface area contributed by atoms with E-state index in [0.717, 1.165) is 24.1 Å². The molecule has 0 unspecified atom stereocenters. The van der Waals surface area contributed by atoms with Crippen LogP contribution in [0.2, 0.25) is 0 Å². The average molecular weight is 167 g/mol. The first-order valence-corrected chi connectivity index (χ1v) is 4.03. The summed E-state index contributed by atoms with van der Waals surface area (Å²) in [6.07, 6.45) is 3.83.